The van der Waals surface area contributed by atoms with Gasteiger partial charge in [0.05, 0.1) is 17.3 Å². The number of rotatable bonds is 7. The molecule has 2 aromatic heterocycles. The highest BCUT2D eigenvalue weighted by Gasteiger charge is 2.25. The summed E-state index contributed by atoms with van der Waals surface area (Å²) in [4.78, 5) is 27.2. The summed E-state index contributed by atoms with van der Waals surface area (Å²) >= 11 is 1.28. The van der Waals surface area contributed by atoms with Crippen molar-refractivity contribution in [3.63, 3.8) is 0 Å². The maximum absolute atomic E-state index is 13.4. The van der Waals surface area contributed by atoms with Gasteiger partial charge in [-0.25, -0.2) is 0 Å². The van der Waals surface area contributed by atoms with Crippen molar-refractivity contribution in [1.82, 2.24) is 9.88 Å². The first kappa shape index (κ1) is 22.7. The highest BCUT2D eigenvalue weighted by Crippen LogP contribution is 2.40. The molecule has 0 aliphatic heterocycles. The van der Waals surface area contributed by atoms with Crippen LogP contribution in [0.25, 0.3) is 21.0 Å². The van der Waals surface area contributed by atoms with Crippen LogP contribution >= 0.6 is 11.3 Å². The Hall–Kier alpha value is -4.10. The van der Waals surface area contributed by atoms with E-state index < -0.39 is 0 Å². The van der Waals surface area contributed by atoms with Gasteiger partial charge in [0, 0.05) is 24.5 Å². The molecule has 2 heterocycles. The number of nitrogens with one attached hydrogen (secondary N) is 1. The van der Waals surface area contributed by atoms with E-state index in [4.69, 9.17) is 9.47 Å². The van der Waals surface area contributed by atoms with Crippen LogP contribution in [-0.4, -0.2) is 17.6 Å². The van der Waals surface area contributed by atoms with Gasteiger partial charge in [-0.1, -0.05) is 66.7 Å². The minimum atomic E-state index is -0.300. The van der Waals surface area contributed by atoms with Crippen LogP contribution in [0.15, 0.2) is 83.7 Å². The fraction of sp³-hybridized carbons (Fsp3) is 0.143. The lowest BCUT2D eigenvalue weighted by atomic mass is 10.1. The number of benzene rings is 3. The lowest BCUT2D eigenvalue weighted by Gasteiger charge is -2.11. The number of aryl methyl sites for hydroxylation is 1. The van der Waals surface area contributed by atoms with Gasteiger partial charge in [0.15, 0.2) is 5.75 Å². The van der Waals surface area contributed by atoms with E-state index in [9.17, 15) is 9.59 Å². The number of carbonyl (C=O) groups excluding carboxylic acids is 1. The van der Waals surface area contributed by atoms with E-state index in [1.165, 1.54) is 11.3 Å². The molecule has 5 rings (SSSR count). The zero-order valence-electron chi connectivity index (χ0n) is 19.4. The molecule has 0 unspecified atom stereocenters. The van der Waals surface area contributed by atoms with Crippen LogP contribution in [0.5, 0.6) is 11.5 Å². The Bertz CT molecular complexity index is 1590. The van der Waals surface area contributed by atoms with Gasteiger partial charge in [-0.05, 0) is 17.7 Å². The highest BCUT2D eigenvalue weighted by atomic mass is 32.1. The second-order valence-electron chi connectivity index (χ2n) is 8.11. The number of nitrogens with zero attached hydrogens (tertiary/aromatic N) is 1. The summed E-state index contributed by atoms with van der Waals surface area (Å²) in [5, 5.41) is 4.31. The van der Waals surface area contributed by atoms with Crippen LogP contribution in [0, 0.1) is 0 Å². The quantitative estimate of drug-likeness (QED) is 0.342. The number of carbonyl (C=O) groups is 1. The number of hydrogen-bond donors (Lipinski definition) is 1. The van der Waals surface area contributed by atoms with Crippen LogP contribution in [-0.2, 0) is 20.2 Å². The normalized spacial score (nSPS) is 11.0. The van der Waals surface area contributed by atoms with E-state index in [0.717, 1.165) is 26.7 Å². The largest absolute Gasteiger partial charge is 0.496 e. The Balaban J connectivity index is 1.59. The van der Waals surface area contributed by atoms with E-state index in [1.807, 2.05) is 78.9 Å². The standard InChI is InChI=1S/C28H24N2O4S/c1-30-21-14-8-7-13-20(21)25-23(28(30)32)24(34-17-18-10-4-3-5-11-18)26(35-25)27(31)29-16-19-12-6-9-15-22(19)33-2/h3-15H,16-17H2,1-2H3,(H,29,31). The summed E-state index contributed by atoms with van der Waals surface area (Å²) in [6.07, 6.45) is 0. The minimum absolute atomic E-state index is 0.193. The Morgan fingerprint density at radius 1 is 0.971 bits per heavy atom. The summed E-state index contributed by atoms with van der Waals surface area (Å²) in [6, 6.07) is 24.9. The van der Waals surface area contributed by atoms with Gasteiger partial charge in [0.1, 0.15) is 22.6 Å². The molecule has 3 aromatic carbocycles. The molecular weight excluding hydrogens is 460 g/mol. The van der Waals surface area contributed by atoms with Gasteiger partial charge < -0.3 is 19.4 Å². The first-order valence-corrected chi connectivity index (χ1v) is 12.0. The van der Waals surface area contributed by atoms with Crippen LogP contribution in [0.4, 0.5) is 0 Å². The summed E-state index contributed by atoms with van der Waals surface area (Å²) in [5.41, 5.74) is 2.42. The average molecular weight is 485 g/mol. The highest BCUT2D eigenvalue weighted by molar-refractivity contribution is 7.22. The molecule has 5 aromatic rings. The summed E-state index contributed by atoms with van der Waals surface area (Å²) < 4.78 is 13.9. The third-order valence-electron chi connectivity index (χ3n) is 5.96. The number of aromatic nitrogens is 1. The maximum Gasteiger partial charge on any atom is 0.265 e. The first-order chi connectivity index (χ1) is 17.1. The molecule has 35 heavy (non-hydrogen) atoms. The summed E-state index contributed by atoms with van der Waals surface area (Å²) in [7, 11) is 3.34. The maximum atomic E-state index is 13.4. The number of hydrogen-bond acceptors (Lipinski definition) is 5. The predicted octanol–water partition coefficient (Wildman–Crippen LogP) is 5.27. The monoisotopic (exact) mass is 484 g/mol. The summed E-state index contributed by atoms with van der Waals surface area (Å²) in [5.74, 6) is 0.716. The van der Waals surface area contributed by atoms with Crippen molar-refractivity contribution in [2.45, 2.75) is 13.2 Å². The molecule has 0 saturated heterocycles. The first-order valence-electron chi connectivity index (χ1n) is 11.2. The van der Waals surface area contributed by atoms with Crippen molar-refractivity contribution < 1.29 is 14.3 Å². The molecule has 176 valence electrons. The topological polar surface area (TPSA) is 69.6 Å². The Kier molecular flexibility index (Phi) is 6.25. The van der Waals surface area contributed by atoms with E-state index in [2.05, 4.69) is 5.32 Å². The molecule has 7 heteroatoms. The lowest BCUT2D eigenvalue weighted by molar-refractivity contribution is 0.0951. The molecule has 0 aliphatic carbocycles. The van der Waals surface area contributed by atoms with Crippen LogP contribution in [0.1, 0.15) is 20.8 Å². The number of amides is 1. The van der Waals surface area contributed by atoms with Gasteiger partial charge in [-0.2, -0.15) is 0 Å². The minimum Gasteiger partial charge on any atom is -0.496 e. The zero-order chi connectivity index (χ0) is 24.4. The second kappa shape index (κ2) is 9.64. The number of methoxy groups -OCH3 is 1. The van der Waals surface area contributed by atoms with Crippen molar-refractivity contribution in [1.29, 1.82) is 0 Å². The SMILES string of the molecule is COc1ccccc1CNC(=O)c1sc2c(c1OCc1ccccc1)c(=O)n(C)c1ccccc21. The van der Waals surface area contributed by atoms with Crippen LogP contribution in [0.3, 0.4) is 0 Å². The van der Waals surface area contributed by atoms with Crippen molar-refractivity contribution in [3.8, 4) is 11.5 Å². The van der Waals surface area contributed by atoms with E-state index >= 15 is 0 Å². The molecular formula is C28H24N2O4S. The molecule has 0 saturated carbocycles. The molecule has 0 aliphatic rings. The molecule has 1 amide bonds. The molecule has 0 radical (unpaired) electrons. The van der Waals surface area contributed by atoms with E-state index in [1.54, 1.807) is 18.7 Å². The lowest BCUT2D eigenvalue weighted by Crippen LogP contribution is -2.23. The molecule has 0 atom stereocenters. The van der Waals surface area contributed by atoms with Crippen LogP contribution < -0.4 is 20.3 Å². The fourth-order valence-corrected chi connectivity index (χ4v) is 5.34. The number of thiophene rings is 1. The van der Waals surface area contributed by atoms with Gasteiger partial charge in [-0.15, -0.1) is 11.3 Å². The van der Waals surface area contributed by atoms with Gasteiger partial charge >= 0.3 is 0 Å². The predicted molar refractivity (Wildman–Crippen MR) is 140 cm³/mol. The van der Waals surface area contributed by atoms with Crippen molar-refractivity contribution in [2.24, 2.45) is 7.05 Å². The van der Waals surface area contributed by atoms with Crippen molar-refractivity contribution in [3.05, 3.63) is 105 Å². The average Bonchev–Trinajstić information content (AvgIpc) is 3.30. The van der Waals surface area contributed by atoms with E-state index in [0.29, 0.717) is 21.8 Å². The van der Waals surface area contributed by atoms with Crippen LogP contribution in [0.2, 0.25) is 0 Å². The molecule has 6 nitrogen and oxygen atoms in total. The molecule has 0 spiro atoms. The molecule has 0 bridgehead atoms. The Morgan fingerprint density at radius 3 is 2.49 bits per heavy atom. The Morgan fingerprint density at radius 2 is 1.69 bits per heavy atom. The zero-order valence-corrected chi connectivity index (χ0v) is 20.2. The summed E-state index contributed by atoms with van der Waals surface area (Å²) in [6.45, 7) is 0.531. The fourth-order valence-electron chi connectivity index (χ4n) is 4.16. The van der Waals surface area contributed by atoms with Gasteiger partial charge in [0.2, 0.25) is 0 Å². The van der Waals surface area contributed by atoms with Gasteiger partial charge in [-0.3, -0.25) is 9.59 Å². The number of fused-ring (bicyclic) bond motifs is 3. The number of para-hydroxylation sites is 2. The smallest absolute Gasteiger partial charge is 0.265 e. The van der Waals surface area contributed by atoms with E-state index in [-0.39, 0.29) is 24.6 Å². The third kappa shape index (κ3) is 4.26. The molecule has 1 N–H and O–H groups in total. The van der Waals surface area contributed by atoms with Gasteiger partial charge in [0.25, 0.3) is 11.5 Å². The molecule has 0 fully saturated rings. The third-order valence-corrected chi connectivity index (χ3v) is 7.16. The number of ether oxygens (including phenoxy) is 2. The van der Waals surface area contributed by atoms with Crippen molar-refractivity contribution in [2.75, 3.05) is 7.11 Å². The van der Waals surface area contributed by atoms with Crippen molar-refractivity contribution >= 4 is 38.2 Å². The number of pyridine rings is 1. The Labute approximate surface area is 206 Å². The second-order valence-corrected chi connectivity index (χ2v) is 9.14.